The predicted molar refractivity (Wildman–Crippen MR) is 104 cm³/mol. The Bertz CT molecular complexity index is 252. The largest absolute Gasteiger partial charge is 0.519 e. The summed E-state index contributed by atoms with van der Waals surface area (Å²) in [5, 5.41) is 0. The lowest BCUT2D eigenvalue weighted by Gasteiger charge is -2.31. The highest BCUT2D eigenvalue weighted by Crippen LogP contribution is 2.31. The molecule has 0 aliphatic rings. The molecule has 2 nitrogen and oxygen atoms in total. The van der Waals surface area contributed by atoms with Crippen LogP contribution in [-0.2, 0) is 9.22 Å². The summed E-state index contributed by atoms with van der Waals surface area (Å²) in [6, 6.07) is 3.54. The van der Waals surface area contributed by atoms with Crippen LogP contribution >= 0.6 is 0 Å². The van der Waals surface area contributed by atoms with Gasteiger partial charge >= 0.3 is 0 Å². The van der Waals surface area contributed by atoms with E-state index in [-0.39, 0.29) is 5.97 Å². The first-order chi connectivity index (χ1) is 11.1. The van der Waals surface area contributed by atoms with E-state index in [9.17, 15) is 4.79 Å². The van der Waals surface area contributed by atoms with Gasteiger partial charge in [0.1, 0.15) is 0 Å². The molecule has 0 aromatic heterocycles. The molecule has 0 unspecified atom stereocenters. The average Bonchev–Trinajstić information content (AvgIpc) is 2.53. The second kappa shape index (κ2) is 15.2. The van der Waals surface area contributed by atoms with Crippen molar-refractivity contribution in [2.24, 2.45) is 0 Å². The first-order valence-electron chi connectivity index (χ1n) is 10.2. The molecule has 23 heavy (non-hydrogen) atoms. The van der Waals surface area contributed by atoms with Gasteiger partial charge in [0.05, 0.1) is 6.42 Å². The van der Waals surface area contributed by atoms with Gasteiger partial charge in [-0.3, -0.25) is 4.79 Å². The van der Waals surface area contributed by atoms with Crippen LogP contribution in [0.2, 0.25) is 18.1 Å². The Hall–Kier alpha value is -0.313. The Labute approximate surface area is 146 Å². The lowest BCUT2D eigenvalue weighted by Crippen LogP contribution is -2.40. The van der Waals surface area contributed by atoms with Crippen molar-refractivity contribution in [3.05, 3.63) is 6.42 Å². The zero-order valence-corrected chi connectivity index (χ0v) is 17.3. The molecule has 0 aliphatic carbocycles. The SMILES string of the molecule is CCC[CH]C(=O)O[Si](CCCCC)(CCCCC)CCCCC. The van der Waals surface area contributed by atoms with E-state index in [1.165, 1.54) is 75.9 Å². The molecule has 0 atom stereocenters. The highest BCUT2D eigenvalue weighted by molar-refractivity contribution is 6.75. The molecule has 0 spiro atoms. The fourth-order valence-corrected chi connectivity index (χ4v) is 7.39. The van der Waals surface area contributed by atoms with Crippen molar-refractivity contribution in [1.82, 2.24) is 0 Å². The molecule has 1 radical (unpaired) electrons. The lowest BCUT2D eigenvalue weighted by atomic mass is 10.3. The summed E-state index contributed by atoms with van der Waals surface area (Å²) in [6.45, 7) is 8.85. The summed E-state index contributed by atoms with van der Waals surface area (Å²) in [5.41, 5.74) is 0. The maximum absolute atomic E-state index is 12.3. The summed E-state index contributed by atoms with van der Waals surface area (Å²) in [4.78, 5) is 12.3. The number of rotatable bonds is 16. The van der Waals surface area contributed by atoms with E-state index in [1.807, 2.05) is 0 Å². The molecule has 0 bridgehead atoms. The summed E-state index contributed by atoms with van der Waals surface area (Å²) in [7, 11) is -1.90. The van der Waals surface area contributed by atoms with Crippen LogP contribution < -0.4 is 0 Å². The molecule has 0 amide bonds. The number of hydrogen-bond donors (Lipinski definition) is 0. The summed E-state index contributed by atoms with van der Waals surface area (Å²) in [6.07, 6.45) is 14.9. The van der Waals surface area contributed by atoms with Crippen molar-refractivity contribution in [2.75, 3.05) is 0 Å². The van der Waals surface area contributed by atoms with Gasteiger partial charge in [0.15, 0.2) is 0 Å². The summed E-state index contributed by atoms with van der Waals surface area (Å²) >= 11 is 0. The lowest BCUT2D eigenvalue weighted by molar-refractivity contribution is -0.131. The summed E-state index contributed by atoms with van der Waals surface area (Å²) < 4.78 is 6.22. The number of carbonyl (C=O) groups is 1. The van der Waals surface area contributed by atoms with Crippen LogP contribution in [0.4, 0.5) is 0 Å². The maximum Gasteiger partial charge on any atom is 0.296 e. The van der Waals surface area contributed by atoms with Gasteiger partial charge in [-0.1, -0.05) is 91.9 Å². The van der Waals surface area contributed by atoms with E-state index in [1.54, 1.807) is 6.42 Å². The molecular weight excluding hydrogens is 300 g/mol. The standard InChI is InChI=1S/C20H41O2Si/c1-5-9-13-17-23(18-14-10-6-2,19-15-11-7-3)22-20(21)16-12-8-4/h16H,5-15,17-19H2,1-4H3. The second-order valence-corrected chi connectivity index (χ2v) is 11.0. The first kappa shape index (κ1) is 22.7. The smallest absolute Gasteiger partial charge is 0.296 e. The van der Waals surface area contributed by atoms with Crippen molar-refractivity contribution in [2.45, 2.75) is 116 Å². The van der Waals surface area contributed by atoms with Crippen LogP contribution in [0.25, 0.3) is 0 Å². The fourth-order valence-electron chi connectivity index (χ4n) is 3.14. The van der Waals surface area contributed by atoms with Gasteiger partial charge in [-0.25, -0.2) is 0 Å². The van der Waals surface area contributed by atoms with E-state index in [0.29, 0.717) is 0 Å². The van der Waals surface area contributed by atoms with Gasteiger partial charge < -0.3 is 4.43 Å². The number of unbranched alkanes of at least 4 members (excludes halogenated alkanes) is 7. The third-order valence-corrected chi connectivity index (χ3v) is 9.05. The first-order valence-corrected chi connectivity index (χ1v) is 12.7. The third-order valence-electron chi connectivity index (χ3n) is 4.62. The van der Waals surface area contributed by atoms with Crippen LogP contribution in [-0.4, -0.2) is 14.3 Å². The van der Waals surface area contributed by atoms with E-state index >= 15 is 0 Å². The van der Waals surface area contributed by atoms with Crippen molar-refractivity contribution >= 4 is 14.3 Å². The Morgan fingerprint density at radius 1 is 0.739 bits per heavy atom. The van der Waals surface area contributed by atoms with Crippen LogP contribution in [0.3, 0.4) is 0 Å². The molecule has 0 saturated heterocycles. The van der Waals surface area contributed by atoms with Crippen LogP contribution in [0.1, 0.15) is 98.3 Å². The van der Waals surface area contributed by atoms with E-state index in [4.69, 9.17) is 4.43 Å². The predicted octanol–water partition coefficient (Wildman–Crippen LogP) is 7.05. The number of carbonyl (C=O) groups excluding carboxylic acids is 1. The molecule has 0 rings (SSSR count). The zero-order valence-electron chi connectivity index (χ0n) is 16.3. The zero-order chi connectivity index (χ0) is 17.4. The molecule has 0 N–H and O–H groups in total. The van der Waals surface area contributed by atoms with E-state index in [0.717, 1.165) is 12.8 Å². The molecular formula is C20H41O2Si. The molecule has 0 fully saturated rings. The van der Waals surface area contributed by atoms with Crippen LogP contribution in [0.5, 0.6) is 0 Å². The van der Waals surface area contributed by atoms with E-state index < -0.39 is 8.32 Å². The van der Waals surface area contributed by atoms with Gasteiger partial charge in [0, 0.05) is 0 Å². The average molecular weight is 342 g/mol. The molecule has 0 aromatic rings. The Morgan fingerprint density at radius 3 is 1.52 bits per heavy atom. The molecule has 137 valence electrons. The van der Waals surface area contributed by atoms with Gasteiger partial charge in [-0.05, 0) is 24.6 Å². The van der Waals surface area contributed by atoms with Gasteiger partial charge in [-0.15, -0.1) is 0 Å². The molecule has 0 aromatic carbocycles. The van der Waals surface area contributed by atoms with Crippen molar-refractivity contribution in [1.29, 1.82) is 0 Å². The second-order valence-electron chi connectivity index (χ2n) is 6.97. The van der Waals surface area contributed by atoms with Gasteiger partial charge in [-0.2, -0.15) is 0 Å². The minimum atomic E-state index is -1.90. The Kier molecular flexibility index (Phi) is 15.0. The van der Waals surface area contributed by atoms with Crippen LogP contribution in [0, 0.1) is 6.42 Å². The van der Waals surface area contributed by atoms with Crippen molar-refractivity contribution in [3.63, 3.8) is 0 Å². The highest BCUT2D eigenvalue weighted by atomic mass is 28.4. The number of hydrogen-bond acceptors (Lipinski definition) is 2. The topological polar surface area (TPSA) is 26.3 Å². The highest BCUT2D eigenvalue weighted by Gasteiger charge is 2.36. The van der Waals surface area contributed by atoms with Gasteiger partial charge in [0.2, 0.25) is 0 Å². The quantitative estimate of drug-likeness (QED) is 0.222. The Balaban J connectivity index is 4.81. The van der Waals surface area contributed by atoms with Crippen LogP contribution in [0.15, 0.2) is 0 Å². The summed E-state index contributed by atoms with van der Waals surface area (Å²) in [5.74, 6) is -0.0250. The van der Waals surface area contributed by atoms with Crippen molar-refractivity contribution in [3.8, 4) is 0 Å². The fraction of sp³-hybridized carbons (Fsp3) is 0.900. The van der Waals surface area contributed by atoms with Crippen molar-refractivity contribution < 1.29 is 9.22 Å². The minimum absolute atomic E-state index is 0.0250. The molecule has 0 heterocycles. The van der Waals surface area contributed by atoms with Gasteiger partial charge in [0.25, 0.3) is 14.3 Å². The Morgan fingerprint density at radius 2 is 1.17 bits per heavy atom. The van der Waals surface area contributed by atoms with E-state index in [2.05, 4.69) is 27.7 Å². The monoisotopic (exact) mass is 341 g/mol. The normalized spacial score (nSPS) is 11.7. The molecule has 0 saturated carbocycles. The maximum atomic E-state index is 12.3. The third kappa shape index (κ3) is 11.8. The molecule has 0 aliphatic heterocycles. The molecule has 3 heteroatoms. The minimum Gasteiger partial charge on any atom is -0.519 e.